The summed E-state index contributed by atoms with van der Waals surface area (Å²) in [6.07, 6.45) is 16.7. The molecule has 0 aromatic rings. The molecule has 0 radical (unpaired) electrons. The molecule has 0 aromatic heterocycles. The van der Waals surface area contributed by atoms with Gasteiger partial charge in [0.1, 0.15) is 0 Å². The lowest BCUT2D eigenvalue weighted by Gasteiger charge is -2.12. The molecule has 0 bridgehead atoms. The van der Waals surface area contributed by atoms with Gasteiger partial charge in [-0.1, -0.05) is 91.4 Å². The van der Waals surface area contributed by atoms with Gasteiger partial charge in [0, 0.05) is 12.8 Å². The van der Waals surface area contributed by atoms with Crippen molar-refractivity contribution >= 4 is 11.9 Å². The van der Waals surface area contributed by atoms with Gasteiger partial charge in [0.25, 0.3) is 0 Å². The maximum Gasteiger partial charge on any atom is 0.305 e. The average Bonchev–Trinajstić information content (AvgIpc) is 2.70. The van der Waals surface area contributed by atoms with Crippen LogP contribution in [0.3, 0.4) is 0 Å². The zero-order chi connectivity index (χ0) is 20.9. The fourth-order valence-electron chi connectivity index (χ4n) is 3.19. The minimum atomic E-state index is -0.0555. The quantitative estimate of drug-likeness (QED) is 0.164. The van der Waals surface area contributed by atoms with E-state index in [9.17, 15) is 9.59 Å². The van der Waals surface area contributed by atoms with Crippen LogP contribution in [0.2, 0.25) is 0 Å². The van der Waals surface area contributed by atoms with Gasteiger partial charge >= 0.3 is 11.9 Å². The van der Waals surface area contributed by atoms with Crippen molar-refractivity contribution in [3.63, 3.8) is 0 Å². The zero-order valence-corrected chi connectivity index (χ0v) is 18.9. The number of ether oxygens (including phenoxy) is 2. The average molecular weight is 399 g/mol. The number of unbranched alkanes of at least 4 members (excludes halogenated alkanes) is 10. The molecule has 0 saturated carbocycles. The Morgan fingerprint density at radius 1 is 0.607 bits per heavy atom. The lowest BCUT2D eigenvalue weighted by Crippen LogP contribution is -2.12. The Morgan fingerprint density at radius 2 is 1.07 bits per heavy atom. The molecule has 166 valence electrons. The Kier molecular flexibility index (Phi) is 19.9. The second-order valence-corrected chi connectivity index (χ2v) is 7.98. The lowest BCUT2D eigenvalue weighted by atomic mass is 10.1. The van der Waals surface area contributed by atoms with Gasteiger partial charge in [-0.25, -0.2) is 0 Å². The number of carbonyl (C=O) groups excluding carboxylic acids is 2. The molecule has 0 unspecified atom stereocenters. The fourth-order valence-corrected chi connectivity index (χ4v) is 3.19. The van der Waals surface area contributed by atoms with Gasteiger partial charge in [0.15, 0.2) is 0 Å². The zero-order valence-electron chi connectivity index (χ0n) is 18.9. The summed E-state index contributed by atoms with van der Waals surface area (Å²) in [5.41, 5.74) is 0. The molecule has 0 amide bonds. The van der Waals surface area contributed by atoms with Crippen molar-refractivity contribution in [3.8, 4) is 0 Å². The summed E-state index contributed by atoms with van der Waals surface area (Å²) in [5, 5.41) is 0. The molecule has 0 aliphatic heterocycles. The molecule has 0 spiro atoms. The molecule has 0 heterocycles. The smallest absolute Gasteiger partial charge is 0.305 e. The number of hydrogen-bond donors (Lipinski definition) is 0. The van der Waals surface area contributed by atoms with Crippen LogP contribution in [0.25, 0.3) is 0 Å². The molecule has 0 atom stereocenters. The molecule has 28 heavy (non-hydrogen) atoms. The second-order valence-electron chi connectivity index (χ2n) is 7.98. The minimum absolute atomic E-state index is 0.0474. The van der Waals surface area contributed by atoms with Gasteiger partial charge in [-0.3, -0.25) is 9.59 Å². The Labute approximate surface area is 174 Å². The van der Waals surface area contributed by atoms with Gasteiger partial charge in [-0.15, -0.1) is 0 Å². The van der Waals surface area contributed by atoms with E-state index in [2.05, 4.69) is 20.8 Å². The third-order valence-corrected chi connectivity index (χ3v) is 5.41. The first kappa shape index (κ1) is 26.9. The van der Waals surface area contributed by atoms with Crippen LogP contribution in [0.5, 0.6) is 0 Å². The topological polar surface area (TPSA) is 52.6 Å². The second kappa shape index (κ2) is 20.7. The first-order valence-corrected chi connectivity index (χ1v) is 11.9. The molecule has 0 saturated heterocycles. The predicted molar refractivity (Wildman–Crippen MR) is 116 cm³/mol. The fraction of sp³-hybridized carbons (Fsp3) is 0.917. The van der Waals surface area contributed by atoms with Crippen LogP contribution in [0, 0.1) is 5.92 Å². The number of hydrogen-bond acceptors (Lipinski definition) is 4. The van der Waals surface area contributed by atoms with Crippen LogP contribution < -0.4 is 0 Å². The van der Waals surface area contributed by atoms with Gasteiger partial charge < -0.3 is 9.47 Å². The summed E-state index contributed by atoms with van der Waals surface area (Å²) in [4.78, 5) is 23.4. The standard InChI is InChI=1S/C24H46O4/c1-4-7-8-9-14-17-20-27-23(25)18-15-12-10-11-13-16-19-24(26)28-21-22(5-2)6-3/h22H,4-21H2,1-3H3. The van der Waals surface area contributed by atoms with E-state index in [4.69, 9.17) is 9.47 Å². The monoisotopic (exact) mass is 398 g/mol. The summed E-state index contributed by atoms with van der Waals surface area (Å²) < 4.78 is 10.6. The number of rotatable bonds is 20. The van der Waals surface area contributed by atoms with Crippen LogP contribution in [0.1, 0.15) is 124 Å². The Bertz CT molecular complexity index is 364. The van der Waals surface area contributed by atoms with Crippen LogP contribution in [0.15, 0.2) is 0 Å². The highest BCUT2D eigenvalue weighted by Crippen LogP contribution is 2.12. The normalized spacial score (nSPS) is 11.0. The lowest BCUT2D eigenvalue weighted by molar-refractivity contribution is -0.145. The third-order valence-electron chi connectivity index (χ3n) is 5.41. The molecule has 0 aromatic carbocycles. The first-order chi connectivity index (χ1) is 13.6. The van der Waals surface area contributed by atoms with Gasteiger partial charge in [0.2, 0.25) is 0 Å². The van der Waals surface area contributed by atoms with E-state index in [1.165, 1.54) is 32.1 Å². The Balaban J connectivity index is 3.33. The SMILES string of the molecule is CCCCCCCCOC(=O)CCCCCCCCC(=O)OCC(CC)CC. The Hall–Kier alpha value is -1.06. The third kappa shape index (κ3) is 18.3. The van der Waals surface area contributed by atoms with Crippen LogP contribution in [-0.2, 0) is 19.1 Å². The summed E-state index contributed by atoms with van der Waals surface area (Å²) in [6.45, 7) is 7.64. The molecule has 4 nitrogen and oxygen atoms in total. The van der Waals surface area contributed by atoms with Crippen LogP contribution in [-0.4, -0.2) is 25.2 Å². The van der Waals surface area contributed by atoms with E-state index in [0.29, 0.717) is 32.0 Å². The van der Waals surface area contributed by atoms with Crippen molar-refractivity contribution in [2.45, 2.75) is 124 Å². The largest absolute Gasteiger partial charge is 0.466 e. The Morgan fingerprint density at radius 3 is 1.61 bits per heavy atom. The summed E-state index contributed by atoms with van der Waals surface area (Å²) in [7, 11) is 0. The first-order valence-electron chi connectivity index (χ1n) is 11.9. The maximum atomic E-state index is 11.7. The van der Waals surface area contributed by atoms with E-state index in [-0.39, 0.29) is 11.9 Å². The van der Waals surface area contributed by atoms with E-state index >= 15 is 0 Å². The van der Waals surface area contributed by atoms with Gasteiger partial charge in [-0.05, 0) is 25.2 Å². The number of carbonyl (C=O) groups is 2. The van der Waals surface area contributed by atoms with E-state index < -0.39 is 0 Å². The molecule has 0 aliphatic rings. The van der Waals surface area contributed by atoms with Crippen molar-refractivity contribution < 1.29 is 19.1 Å². The minimum Gasteiger partial charge on any atom is -0.466 e. The molecule has 0 aliphatic carbocycles. The van der Waals surface area contributed by atoms with Crippen molar-refractivity contribution in [1.29, 1.82) is 0 Å². The number of esters is 2. The van der Waals surface area contributed by atoms with Crippen molar-refractivity contribution in [1.82, 2.24) is 0 Å². The van der Waals surface area contributed by atoms with Gasteiger partial charge in [0.05, 0.1) is 13.2 Å². The highest BCUT2D eigenvalue weighted by molar-refractivity contribution is 5.69. The summed E-state index contributed by atoms with van der Waals surface area (Å²) in [6, 6.07) is 0. The molecule has 0 N–H and O–H groups in total. The van der Waals surface area contributed by atoms with Crippen molar-refractivity contribution in [3.05, 3.63) is 0 Å². The van der Waals surface area contributed by atoms with Crippen molar-refractivity contribution in [2.24, 2.45) is 5.92 Å². The molecule has 0 fully saturated rings. The van der Waals surface area contributed by atoms with Crippen LogP contribution in [0.4, 0.5) is 0 Å². The van der Waals surface area contributed by atoms with E-state index in [1.807, 2.05) is 0 Å². The highest BCUT2D eigenvalue weighted by atomic mass is 16.5. The van der Waals surface area contributed by atoms with Crippen LogP contribution >= 0.6 is 0 Å². The molecule has 4 heteroatoms. The maximum absolute atomic E-state index is 11.7. The van der Waals surface area contributed by atoms with Gasteiger partial charge in [-0.2, -0.15) is 0 Å². The summed E-state index contributed by atoms with van der Waals surface area (Å²) >= 11 is 0. The molecular weight excluding hydrogens is 352 g/mol. The van der Waals surface area contributed by atoms with E-state index in [1.54, 1.807) is 0 Å². The molecule has 0 rings (SSSR count). The predicted octanol–water partition coefficient (Wildman–Crippen LogP) is 6.99. The molecular formula is C24H46O4. The summed E-state index contributed by atoms with van der Waals surface area (Å²) in [5.74, 6) is 0.398. The van der Waals surface area contributed by atoms with Crippen molar-refractivity contribution in [2.75, 3.05) is 13.2 Å². The highest BCUT2D eigenvalue weighted by Gasteiger charge is 2.08. The van der Waals surface area contributed by atoms with E-state index in [0.717, 1.165) is 57.8 Å².